The quantitative estimate of drug-likeness (QED) is 0.114. The molecule has 17 heteroatoms. The molecule has 2 N–H and O–H groups in total. The fourth-order valence-electron chi connectivity index (χ4n) is 6.95. The predicted octanol–water partition coefficient (Wildman–Crippen LogP) is 14.4. The average Bonchev–Trinajstić information content (AvgIpc) is 3.64. The summed E-state index contributed by atoms with van der Waals surface area (Å²) >= 11 is 1.53. The Morgan fingerprint density at radius 1 is 0.797 bits per heavy atom. The molecule has 1 aliphatic rings. The minimum atomic E-state index is -5.18. The van der Waals surface area contributed by atoms with E-state index in [1.807, 2.05) is 6.08 Å². The van der Waals surface area contributed by atoms with E-state index in [0.717, 1.165) is 78.2 Å². The molecule has 1 heterocycles. The molecule has 59 heavy (non-hydrogen) atoms. The highest BCUT2D eigenvalue weighted by Gasteiger charge is 2.39. The topological polar surface area (TPSA) is 71.5 Å². The Morgan fingerprint density at radius 2 is 1.32 bits per heavy atom. The number of thiazole rings is 1. The lowest BCUT2D eigenvalue weighted by molar-refractivity contribution is -0.137. The van der Waals surface area contributed by atoms with Crippen LogP contribution in [0.15, 0.2) is 83.2 Å². The normalized spacial score (nSPS) is 15.2. The second kappa shape index (κ2) is 16.2. The fourth-order valence-corrected chi connectivity index (χ4v) is 8.57. The standard InChI is InChI=1S/C42H34F10N2O3S2/c1-39(2,3)25-10-5-21(6-11-25)22-7-12-26(30(15-22)40(44,45)46)23-8-13-27(31(16-23)41(47,48)49)24-9-14-28(32(17-24)42(50,51)52)37-53-36(20-58-37)59-54-34-19-33(43)29(38(55)56)18-35(34)57-4/h5,7-9,12-20,25,54H,6,10-11H2,1-4H3,(H,55,56). The maximum Gasteiger partial charge on any atom is 0.417 e. The van der Waals surface area contributed by atoms with Crippen molar-refractivity contribution in [2.24, 2.45) is 11.3 Å². The van der Waals surface area contributed by atoms with Crippen LogP contribution in [0.25, 0.3) is 38.4 Å². The Balaban J connectivity index is 1.33. The molecular formula is C42H34F10N2O3S2. The highest BCUT2D eigenvalue weighted by atomic mass is 32.2. The average molecular weight is 869 g/mol. The molecule has 0 saturated carbocycles. The number of carboxylic acid groups (broad SMARTS) is 1. The number of anilines is 1. The van der Waals surface area contributed by atoms with Gasteiger partial charge in [-0.15, -0.1) is 11.3 Å². The van der Waals surface area contributed by atoms with Gasteiger partial charge >= 0.3 is 24.5 Å². The number of nitrogens with zero attached hydrogens (tertiary/aromatic N) is 1. The van der Waals surface area contributed by atoms with Gasteiger partial charge in [0.15, 0.2) is 0 Å². The molecule has 312 valence electrons. The first-order chi connectivity index (χ1) is 27.4. The van der Waals surface area contributed by atoms with Gasteiger partial charge in [0.1, 0.15) is 21.6 Å². The van der Waals surface area contributed by atoms with Crippen molar-refractivity contribution in [3.63, 3.8) is 0 Å². The van der Waals surface area contributed by atoms with Gasteiger partial charge in [0, 0.05) is 29.0 Å². The van der Waals surface area contributed by atoms with Gasteiger partial charge in [-0.2, -0.15) is 39.5 Å². The number of aromatic nitrogens is 1. The summed E-state index contributed by atoms with van der Waals surface area (Å²) in [6.45, 7) is 6.28. The molecule has 0 bridgehead atoms. The Labute approximate surface area is 340 Å². The lowest BCUT2D eigenvalue weighted by atomic mass is 9.72. The molecule has 5 nitrogen and oxygen atoms in total. The van der Waals surface area contributed by atoms with Crippen LogP contribution in [0.4, 0.5) is 49.6 Å². The number of allylic oxidation sites excluding steroid dienone is 2. The number of carbonyl (C=O) groups is 1. The summed E-state index contributed by atoms with van der Waals surface area (Å²) in [5.74, 6) is -2.33. The summed E-state index contributed by atoms with van der Waals surface area (Å²) in [6, 6.07) is 10.2. The molecule has 1 aromatic heterocycles. The predicted molar refractivity (Wildman–Crippen MR) is 208 cm³/mol. The van der Waals surface area contributed by atoms with Crippen LogP contribution in [0.1, 0.15) is 72.6 Å². The lowest BCUT2D eigenvalue weighted by Gasteiger charge is -2.33. The van der Waals surface area contributed by atoms with E-state index in [9.17, 15) is 48.7 Å². The number of benzene rings is 4. The van der Waals surface area contributed by atoms with Crippen molar-refractivity contribution >= 4 is 40.5 Å². The number of carboxylic acids is 1. The summed E-state index contributed by atoms with van der Waals surface area (Å²) in [7, 11) is 1.21. The molecule has 0 aliphatic heterocycles. The molecule has 0 spiro atoms. The number of halogens is 10. The van der Waals surface area contributed by atoms with Gasteiger partial charge in [-0.1, -0.05) is 63.2 Å². The summed E-state index contributed by atoms with van der Waals surface area (Å²) in [4.78, 5) is 15.5. The first-order valence-electron chi connectivity index (χ1n) is 17.8. The third-order valence-corrected chi connectivity index (χ3v) is 11.9. The minimum absolute atomic E-state index is 0.000498. The van der Waals surface area contributed by atoms with E-state index in [1.165, 1.54) is 18.6 Å². The summed E-state index contributed by atoms with van der Waals surface area (Å²) in [6.07, 6.45) is -11.3. The van der Waals surface area contributed by atoms with E-state index in [4.69, 9.17) is 9.84 Å². The number of nitrogens with one attached hydrogen (secondary N) is 1. The van der Waals surface area contributed by atoms with Crippen molar-refractivity contribution in [2.75, 3.05) is 11.8 Å². The van der Waals surface area contributed by atoms with Gasteiger partial charge in [0.2, 0.25) is 0 Å². The van der Waals surface area contributed by atoms with Crippen LogP contribution >= 0.6 is 23.3 Å². The Morgan fingerprint density at radius 3 is 1.81 bits per heavy atom. The zero-order chi connectivity index (χ0) is 43.2. The van der Waals surface area contributed by atoms with Gasteiger partial charge in [0.25, 0.3) is 0 Å². The van der Waals surface area contributed by atoms with Gasteiger partial charge in [-0.05, 0) is 88.3 Å². The second-order valence-corrected chi connectivity index (χ2v) is 16.6. The third-order valence-electron chi connectivity index (χ3n) is 10.1. The van der Waals surface area contributed by atoms with Crippen molar-refractivity contribution in [2.45, 2.75) is 63.6 Å². The maximum atomic E-state index is 14.7. The Hall–Kier alpha value is -5.03. The molecule has 6 rings (SSSR count). The van der Waals surface area contributed by atoms with Crippen LogP contribution in [0.3, 0.4) is 0 Å². The van der Waals surface area contributed by atoms with Crippen molar-refractivity contribution in [3.8, 4) is 38.6 Å². The van der Waals surface area contributed by atoms with Crippen LogP contribution < -0.4 is 9.46 Å². The fraction of sp³-hybridized carbons (Fsp3) is 0.286. The number of methoxy groups -OCH3 is 1. The lowest BCUT2D eigenvalue weighted by Crippen LogP contribution is -2.22. The van der Waals surface area contributed by atoms with Gasteiger partial charge < -0.3 is 14.6 Å². The molecule has 0 saturated heterocycles. The molecule has 0 amide bonds. The van der Waals surface area contributed by atoms with E-state index in [-0.39, 0.29) is 26.9 Å². The second-order valence-electron chi connectivity index (χ2n) is 14.9. The largest absolute Gasteiger partial charge is 0.495 e. The Kier molecular flexibility index (Phi) is 12.0. The van der Waals surface area contributed by atoms with Crippen LogP contribution in [0.5, 0.6) is 5.75 Å². The molecule has 1 atom stereocenters. The van der Waals surface area contributed by atoms with Crippen LogP contribution in [0.2, 0.25) is 0 Å². The first-order valence-corrected chi connectivity index (χ1v) is 19.5. The van der Waals surface area contributed by atoms with Crippen molar-refractivity contribution in [3.05, 3.63) is 112 Å². The van der Waals surface area contributed by atoms with Gasteiger partial charge in [-0.25, -0.2) is 14.2 Å². The van der Waals surface area contributed by atoms with E-state index in [1.54, 1.807) is 0 Å². The SMILES string of the molecule is COc1cc(C(=O)O)c(F)cc1NSc1csc(-c2ccc(-c3ccc(-c4ccc(C5=CCC(C(C)(C)C)CC5)cc4C(F)(F)F)cc3C(F)(F)F)cc2C(F)(F)F)n1. The zero-order valence-corrected chi connectivity index (χ0v) is 33.1. The molecule has 0 radical (unpaired) electrons. The number of hydrogen-bond donors (Lipinski definition) is 2. The summed E-state index contributed by atoms with van der Waals surface area (Å²) in [5, 5.41) is 10.5. The van der Waals surface area contributed by atoms with E-state index in [0.29, 0.717) is 42.0 Å². The first kappa shape index (κ1) is 43.5. The highest BCUT2D eigenvalue weighted by molar-refractivity contribution is 8.00. The third kappa shape index (κ3) is 9.56. The monoisotopic (exact) mass is 868 g/mol. The van der Waals surface area contributed by atoms with Crippen molar-refractivity contribution in [1.29, 1.82) is 0 Å². The smallest absolute Gasteiger partial charge is 0.417 e. The number of aromatic carboxylic acids is 1. The van der Waals surface area contributed by atoms with E-state index >= 15 is 0 Å². The molecule has 1 aliphatic carbocycles. The van der Waals surface area contributed by atoms with Crippen LogP contribution in [-0.2, 0) is 18.5 Å². The summed E-state index contributed by atoms with van der Waals surface area (Å²) in [5.41, 5.74) is -6.08. The van der Waals surface area contributed by atoms with Crippen molar-refractivity contribution in [1.82, 2.24) is 4.98 Å². The molecular weight excluding hydrogens is 835 g/mol. The molecule has 5 aromatic rings. The Bertz CT molecular complexity index is 2430. The zero-order valence-electron chi connectivity index (χ0n) is 31.5. The van der Waals surface area contributed by atoms with Gasteiger partial charge in [0.05, 0.1) is 35.1 Å². The van der Waals surface area contributed by atoms with Crippen LogP contribution in [0, 0.1) is 17.2 Å². The van der Waals surface area contributed by atoms with Gasteiger partial charge in [-0.3, -0.25) is 0 Å². The summed E-state index contributed by atoms with van der Waals surface area (Å²) < 4.78 is 153. The minimum Gasteiger partial charge on any atom is -0.495 e. The molecule has 1 unspecified atom stereocenters. The molecule has 0 fully saturated rings. The van der Waals surface area contributed by atoms with Crippen LogP contribution in [-0.4, -0.2) is 23.2 Å². The number of hydrogen-bond acceptors (Lipinski definition) is 6. The number of ether oxygens (including phenoxy) is 1. The van der Waals surface area contributed by atoms with E-state index < -0.39 is 80.4 Å². The number of alkyl halides is 9. The molecule has 4 aromatic carbocycles. The number of rotatable bonds is 9. The highest BCUT2D eigenvalue weighted by Crippen LogP contribution is 2.47. The maximum absolute atomic E-state index is 14.7. The van der Waals surface area contributed by atoms with Crippen molar-refractivity contribution < 1.29 is 58.5 Å². The van der Waals surface area contributed by atoms with E-state index in [2.05, 4.69) is 30.5 Å².